The van der Waals surface area contributed by atoms with E-state index in [0.29, 0.717) is 6.10 Å². The second-order valence-corrected chi connectivity index (χ2v) is 4.46. The molecule has 0 unspecified atom stereocenters. The monoisotopic (exact) mass is 255 g/mol. The van der Waals surface area contributed by atoms with Gasteiger partial charge in [-0.3, -0.25) is 0 Å². The zero-order valence-corrected chi connectivity index (χ0v) is 9.59. The van der Waals surface area contributed by atoms with E-state index in [2.05, 4.69) is 21.2 Å². The van der Waals surface area contributed by atoms with Gasteiger partial charge in [0.05, 0.1) is 0 Å². The molecule has 0 aromatic heterocycles. The molecule has 1 aromatic rings. The zero-order chi connectivity index (χ0) is 9.80. The molecule has 0 aliphatic carbocycles. The summed E-state index contributed by atoms with van der Waals surface area (Å²) in [6.07, 6.45) is 2.69. The van der Waals surface area contributed by atoms with Crippen molar-refractivity contribution >= 4 is 15.9 Å². The van der Waals surface area contributed by atoms with Crippen molar-refractivity contribution in [3.8, 4) is 5.75 Å². The standard InChI is InChI=1S/C11H14BrNO/c12-9-3-1-4-10(7-9)14-11-5-2-6-13-8-11/h1,3-4,7,11,13H,2,5-6,8H2/t11-/m1/s1. The van der Waals surface area contributed by atoms with Crippen LogP contribution in [0.15, 0.2) is 28.7 Å². The SMILES string of the molecule is Brc1cccc(O[C@@H]2CCCNC2)c1. The normalized spacial score (nSPS) is 21.9. The number of ether oxygens (including phenoxy) is 1. The summed E-state index contributed by atoms with van der Waals surface area (Å²) >= 11 is 3.43. The fourth-order valence-electron chi connectivity index (χ4n) is 1.65. The number of hydrogen-bond acceptors (Lipinski definition) is 2. The van der Waals surface area contributed by atoms with Crippen LogP contribution in [0.5, 0.6) is 5.75 Å². The number of hydrogen-bond donors (Lipinski definition) is 1. The molecule has 1 heterocycles. The third-order valence-corrected chi connectivity index (χ3v) is 2.84. The fraction of sp³-hybridized carbons (Fsp3) is 0.455. The molecule has 0 amide bonds. The molecule has 1 fully saturated rings. The van der Waals surface area contributed by atoms with Crippen molar-refractivity contribution < 1.29 is 4.74 Å². The molecule has 2 rings (SSSR count). The molecule has 76 valence electrons. The van der Waals surface area contributed by atoms with Gasteiger partial charge in [0.2, 0.25) is 0 Å². The Balaban J connectivity index is 1.95. The van der Waals surface area contributed by atoms with Gasteiger partial charge in [0, 0.05) is 11.0 Å². The first-order chi connectivity index (χ1) is 6.84. The van der Waals surface area contributed by atoms with Crippen molar-refractivity contribution in [1.82, 2.24) is 5.32 Å². The molecule has 3 heteroatoms. The van der Waals surface area contributed by atoms with E-state index in [1.165, 1.54) is 6.42 Å². The highest BCUT2D eigenvalue weighted by Crippen LogP contribution is 2.20. The van der Waals surface area contributed by atoms with Gasteiger partial charge in [-0.25, -0.2) is 0 Å². The van der Waals surface area contributed by atoms with Crippen molar-refractivity contribution in [3.63, 3.8) is 0 Å². The summed E-state index contributed by atoms with van der Waals surface area (Å²) in [6.45, 7) is 2.09. The Bertz CT molecular complexity index is 297. The number of halogens is 1. The molecule has 0 saturated carbocycles. The summed E-state index contributed by atoms with van der Waals surface area (Å²) in [4.78, 5) is 0. The number of rotatable bonds is 2. The summed E-state index contributed by atoms with van der Waals surface area (Å²) in [5.41, 5.74) is 0. The van der Waals surface area contributed by atoms with E-state index >= 15 is 0 Å². The summed E-state index contributed by atoms with van der Waals surface area (Å²) < 4.78 is 6.91. The van der Waals surface area contributed by atoms with Crippen LogP contribution in [0.2, 0.25) is 0 Å². The lowest BCUT2D eigenvalue weighted by molar-refractivity contribution is 0.167. The summed E-state index contributed by atoms with van der Waals surface area (Å²) in [7, 11) is 0. The van der Waals surface area contributed by atoms with Gasteiger partial charge in [0.25, 0.3) is 0 Å². The highest BCUT2D eigenvalue weighted by molar-refractivity contribution is 9.10. The highest BCUT2D eigenvalue weighted by atomic mass is 79.9. The lowest BCUT2D eigenvalue weighted by Crippen LogP contribution is -2.37. The molecule has 0 radical (unpaired) electrons. The molecule has 1 saturated heterocycles. The zero-order valence-electron chi connectivity index (χ0n) is 8.00. The molecule has 1 aliphatic heterocycles. The summed E-state index contributed by atoms with van der Waals surface area (Å²) in [5, 5.41) is 3.33. The Morgan fingerprint density at radius 1 is 1.43 bits per heavy atom. The first-order valence-electron chi connectivity index (χ1n) is 4.97. The van der Waals surface area contributed by atoms with Crippen LogP contribution < -0.4 is 10.1 Å². The maximum atomic E-state index is 5.84. The minimum absolute atomic E-state index is 0.332. The van der Waals surface area contributed by atoms with Gasteiger partial charge in [-0.2, -0.15) is 0 Å². The van der Waals surface area contributed by atoms with E-state index in [1.54, 1.807) is 0 Å². The number of piperidine rings is 1. The lowest BCUT2D eigenvalue weighted by Gasteiger charge is -2.23. The average Bonchev–Trinajstić information content (AvgIpc) is 2.19. The third-order valence-electron chi connectivity index (χ3n) is 2.35. The molecule has 0 spiro atoms. The Morgan fingerprint density at radius 2 is 2.36 bits per heavy atom. The van der Waals surface area contributed by atoms with E-state index in [1.807, 2.05) is 24.3 Å². The van der Waals surface area contributed by atoms with Crippen molar-refractivity contribution in [2.45, 2.75) is 18.9 Å². The van der Waals surface area contributed by atoms with Gasteiger partial charge in [0.1, 0.15) is 11.9 Å². The Morgan fingerprint density at radius 3 is 3.07 bits per heavy atom. The Hall–Kier alpha value is -0.540. The van der Waals surface area contributed by atoms with Gasteiger partial charge in [-0.05, 0) is 37.6 Å². The first-order valence-corrected chi connectivity index (χ1v) is 5.77. The first kappa shape index (κ1) is 9.99. The van der Waals surface area contributed by atoms with Crippen LogP contribution in [0.25, 0.3) is 0 Å². The molecule has 0 bridgehead atoms. The third kappa shape index (κ3) is 2.72. The average molecular weight is 256 g/mol. The quantitative estimate of drug-likeness (QED) is 0.878. The molecule has 1 N–H and O–H groups in total. The largest absolute Gasteiger partial charge is 0.489 e. The van der Waals surface area contributed by atoms with Crippen molar-refractivity contribution in [3.05, 3.63) is 28.7 Å². The van der Waals surface area contributed by atoms with E-state index in [4.69, 9.17) is 4.74 Å². The van der Waals surface area contributed by atoms with Crippen LogP contribution in [0.3, 0.4) is 0 Å². The summed E-state index contributed by atoms with van der Waals surface area (Å²) in [6, 6.07) is 8.01. The molecular formula is C11H14BrNO. The number of nitrogens with one attached hydrogen (secondary N) is 1. The van der Waals surface area contributed by atoms with Crippen LogP contribution in [0.1, 0.15) is 12.8 Å². The Kier molecular flexibility index (Phi) is 3.43. The van der Waals surface area contributed by atoms with Crippen LogP contribution in [0, 0.1) is 0 Å². The van der Waals surface area contributed by atoms with E-state index < -0.39 is 0 Å². The predicted molar refractivity (Wildman–Crippen MR) is 60.7 cm³/mol. The van der Waals surface area contributed by atoms with Gasteiger partial charge in [-0.15, -0.1) is 0 Å². The van der Waals surface area contributed by atoms with Gasteiger partial charge in [-0.1, -0.05) is 22.0 Å². The van der Waals surface area contributed by atoms with E-state index in [0.717, 1.165) is 29.7 Å². The van der Waals surface area contributed by atoms with Crippen LogP contribution in [-0.4, -0.2) is 19.2 Å². The van der Waals surface area contributed by atoms with Gasteiger partial charge in [0.15, 0.2) is 0 Å². The van der Waals surface area contributed by atoms with E-state index in [-0.39, 0.29) is 0 Å². The molecule has 1 atom stereocenters. The topological polar surface area (TPSA) is 21.3 Å². The highest BCUT2D eigenvalue weighted by Gasteiger charge is 2.13. The molecule has 2 nitrogen and oxygen atoms in total. The second-order valence-electron chi connectivity index (χ2n) is 3.54. The smallest absolute Gasteiger partial charge is 0.120 e. The van der Waals surface area contributed by atoms with Crippen molar-refractivity contribution in [2.75, 3.05) is 13.1 Å². The maximum Gasteiger partial charge on any atom is 0.120 e. The van der Waals surface area contributed by atoms with Crippen molar-refractivity contribution in [1.29, 1.82) is 0 Å². The number of benzene rings is 1. The lowest BCUT2D eigenvalue weighted by atomic mass is 10.1. The molecule has 14 heavy (non-hydrogen) atoms. The molecule has 1 aromatic carbocycles. The van der Waals surface area contributed by atoms with Gasteiger partial charge >= 0.3 is 0 Å². The maximum absolute atomic E-state index is 5.84. The molecular weight excluding hydrogens is 242 g/mol. The minimum atomic E-state index is 0.332. The second kappa shape index (κ2) is 4.80. The molecule has 1 aliphatic rings. The fourth-order valence-corrected chi connectivity index (χ4v) is 2.03. The van der Waals surface area contributed by atoms with Crippen LogP contribution in [-0.2, 0) is 0 Å². The van der Waals surface area contributed by atoms with Crippen LogP contribution >= 0.6 is 15.9 Å². The minimum Gasteiger partial charge on any atom is -0.489 e. The van der Waals surface area contributed by atoms with Crippen molar-refractivity contribution in [2.24, 2.45) is 0 Å². The van der Waals surface area contributed by atoms with Crippen LogP contribution in [0.4, 0.5) is 0 Å². The van der Waals surface area contributed by atoms with E-state index in [9.17, 15) is 0 Å². The Labute approximate surface area is 92.8 Å². The predicted octanol–water partition coefficient (Wildman–Crippen LogP) is 2.58. The van der Waals surface area contributed by atoms with Gasteiger partial charge < -0.3 is 10.1 Å². The summed E-state index contributed by atoms with van der Waals surface area (Å²) in [5.74, 6) is 0.952.